The summed E-state index contributed by atoms with van der Waals surface area (Å²) in [6.45, 7) is 11.7. The Labute approximate surface area is 139 Å². The second kappa shape index (κ2) is 5.63. The molecule has 0 aliphatic carbocycles. The van der Waals surface area contributed by atoms with Gasteiger partial charge in [-0.15, -0.1) is 0 Å². The Hall–Kier alpha value is -1.89. The molecule has 0 spiro atoms. The number of aromatic nitrogens is 2. The predicted octanol–water partition coefficient (Wildman–Crippen LogP) is 3.10. The second-order valence-electron chi connectivity index (χ2n) is 7.48. The van der Waals surface area contributed by atoms with Gasteiger partial charge in [-0.3, -0.25) is 14.9 Å². The molecule has 2 N–H and O–H groups in total. The summed E-state index contributed by atoms with van der Waals surface area (Å²) in [5.74, 6) is -0.0666. The van der Waals surface area contributed by atoms with Crippen molar-refractivity contribution < 1.29 is 14.7 Å². The van der Waals surface area contributed by atoms with E-state index in [1.807, 2.05) is 41.5 Å². The van der Waals surface area contributed by atoms with Crippen molar-refractivity contribution in [3.05, 3.63) is 22.1 Å². The molecule has 1 aliphatic heterocycles. The van der Waals surface area contributed by atoms with E-state index in [0.717, 1.165) is 11.8 Å². The van der Waals surface area contributed by atoms with Gasteiger partial charge in [-0.2, -0.15) is 0 Å². The fraction of sp³-hybridized carbons (Fsp3) is 0.500. The average molecular weight is 335 g/mol. The summed E-state index contributed by atoms with van der Waals surface area (Å²) in [4.78, 5) is 32.0. The zero-order valence-electron chi connectivity index (χ0n) is 14.1. The average Bonchev–Trinajstić information content (AvgIpc) is 2.67. The maximum atomic E-state index is 11.7. The molecule has 1 fully saturated rings. The van der Waals surface area contributed by atoms with E-state index < -0.39 is 11.1 Å². The topological polar surface area (TPSA) is 92.2 Å². The van der Waals surface area contributed by atoms with E-state index in [9.17, 15) is 14.7 Å². The van der Waals surface area contributed by atoms with Crippen LogP contribution < -0.4 is 5.32 Å². The maximum absolute atomic E-state index is 11.7. The van der Waals surface area contributed by atoms with Gasteiger partial charge >= 0.3 is 0 Å². The third kappa shape index (κ3) is 3.72. The number of thioether (sulfide) groups is 1. The van der Waals surface area contributed by atoms with Crippen LogP contribution in [0.4, 0.5) is 4.79 Å². The van der Waals surface area contributed by atoms with Gasteiger partial charge in [0.15, 0.2) is 11.6 Å². The highest BCUT2D eigenvalue weighted by molar-refractivity contribution is 8.18. The van der Waals surface area contributed by atoms with Crippen molar-refractivity contribution in [1.82, 2.24) is 15.3 Å². The minimum Gasteiger partial charge on any atom is -0.504 e. The van der Waals surface area contributed by atoms with Crippen LogP contribution in [-0.4, -0.2) is 26.2 Å². The van der Waals surface area contributed by atoms with Crippen LogP contribution in [0.25, 0.3) is 6.08 Å². The van der Waals surface area contributed by atoms with Crippen LogP contribution in [0.1, 0.15) is 58.8 Å². The van der Waals surface area contributed by atoms with Gasteiger partial charge < -0.3 is 5.11 Å². The molecule has 2 rings (SSSR count). The van der Waals surface area contributed by atoms with Crippen molar-refractivity contribution in [3.8, 4) is 5.75 Å². The summed E-state index contributed by atoms with van der Waals surface area (Å²) in [5, 5.41) is 12.3. The van der Waals surface area contributed by atoms with Gasteiger partial charge in [0, 0.05) is 16.9 Å². The zero-order valence-corrected chi connectivity index (χ0v) is 15.0. The van der Waals surface area contributed by atoms with Gasteiger partial charge in [-0.1, -0.05) is 41.5 Å². The van der Waals surface area contributed by atoms with Crippen molar-refractivity contribution in [3.63, 3.8) is 0 Å². The summed E-state index contributed by atoms with van der Waals surface area (Å²) >= 11 is 0.818. The van der Waals surface area contributed by atoms with Crippen LogP contribution in [0.3, 0.4) is 0 Å². The van der Waals surface area contributed by atoms with Crippen LogP contribution in [0.15, 0.2) is 4.91 Å². The minimum absolute atomic E-state index is 0.0757. The second-order valence-corrected chi connectivity index (χ2v) is 8.49. The number of nitrogens with one attached hydrogen (secondary N) is 1. The highest BCUT2D eigenvalue weighted by atomic mass is 32.2. The molecule has 2 amide bonds. The van der Waals surface area contributed by atoms with Crippen LogP contribution >= 0.6 is 11.8 Å². The van der Waals surface area contributed by atoms with Gasteiger partial charge in [0.1, 0.15) is 0 Å². The third-order valence-electron chi connectivity index (χ3n) is 3.22. The van der Waals surface area contributed by atoms with Crippen molar-refractivity contribution in [2.45, 2.75) is 52.4 Å². The molecule has 0 radical (unpaired) electrons. The molecule has 1 aliphatic rings. The molecule has 1 aromatic rings. The Morgan fingerprint density at radius 1 is 1.00 bits per heavy atom. The summed E-state index contributed by atoms with van der Waals surface area (Å²) in [7, 11) is 0. The third-order valence-corrected chi connectivity index (χ3v) is 4.03. The van der Waals surface area contributed by atoms with E-state index in [-0.39, 0.29) is 21.5 Å². The molecule has 124 valence electrons. The molecule has 1 aromatic heterocycles. The maximum Gasteiger partial charge on any atom is 0.290 e. The van der Waals surface area contributed by atoms with E-state index in [4.69, 9.17) is 0 Å². The SMILES string of the molecule is CC(C)(C)c1nc(C=C2SC(=O)NC2=O)nc(C(C)(C)C)c1O. The van der Waals surface area contributed by atoms with Gasteiger partial charge in [0.2, 0.25) is 0 Å². The van der Waals surface area contributed by atoms with Crippen molar-refractivity contribution in [1.29, 1.82) is 0 Å². The normalized spacial score (nSPS) is 17.7. The number of imide groups is 1. The number of carbonyl (C=O) groups is 2. The first-order valence-electron chi connectivity index (χ1n) is 7.26. The molecule has 2 heterocycles. The highest BCUT2D eigenvalue weighted by Gasteiger charge is 2.30. The Bertz CT molecular complexity index is 677. The predicted molar refractivity (Wildman–Crippen MR) is 90.2 cm³/mol. The first-order chi connectivity index (χ1) is 10.4. The van der Waals surface area contributed by atoms with Crippen molar-refractivity contribution in [2.75, 3.05) is 0 Å². The lowest BCUT2D eigenvalue weighted by Gasteiger charge is -2.25. The lowest BCUT2D eigenvalue weighted by molar-refractivity contribution is -0.115. The number of nitrogens with zero attached hydrogens (tertiary/aromatic N) is 2. The van der Waals surface area contributed by atoms with Crippen molar-refractivity contribution in [2.24, 2.45) is 0 Å². The van der Waals surface area contributed by atoms with E-state index >= 15 is 0 Å². The van der Waals surface area contributed by atoms with E-state index in [2.05, 4.69) is 15.3 Å². The molecule has 23 heavy (non-hydrogen) atoms. The Morgan fingerprint density at radius 3 is 1.83 bits per heavy atom. The number of hydrogen-bond donors (Lipinski definition) is 2. The summed E-state index contributed by atoms with van der Waals surface area (Å²) in [6.07, 6.45) is 1.48. The smallest absolute Gasteiger partial charge is 0.290 e. The minimum atomic E-state index is -0.453. The lowest BCUT2D eigenvalue weighted by atomic mass is 9.85. The van der Waals surface area contributed by atoms with Gasteiger partial charge in [0.05, 0.1) is 16.3 Å². The molecule has 1 saturated heterocycles. The Morgan fingerprint density at radius 2 is 1.48 bits per heavy atom. The summed E-state index contributed by atoms with van der Waals surface area (Å²) in [6, 6.07) is 0. The van der Waals surface area contributed by atoms with Crippen LogP contribution in [-0.2, 0) is 15.6 Å². The molecular formula is C16H21N3O3S. The van der Waals surface area contributed by atoms with E-state index in [1.165, 1.54) is 6.08 Å². The van der Waals surface area contributed by atoms with Gasteiger partial charge in [-0.25, -0.2) is 9.97 Å². The van der Waals surface area contributed by atoms with Gasteiger partial charge in [0.25, 0.3) is 11.1 Å². The van der Waals surface area contributed by atoms with E-state index in [1.54, 1.807) is 0 Å². The fourth-order valence-electron chi connectivity index (χ4n) is 2.12. The molecule has 6 nitrogen and oxygen atoms in total. The molecule has 0 unspecified atom stereocenters. The van der Waals surface area contributed by atoms with Crippen LogP contribution in [0, 0.1) is 0 Å². The van der Waals surface area contributed by atoms with Gasteiger partial charge in [-0.05, 0) is 11.8 Å². The van der Waals surface area contributed by atoms with Crippen LogP contribution in [0.5, 0.6) is 5.75 Å². The van der Waals surface area contributed by atoms with Crippen molar-refractivity contribution >= 4 is 29.0 Å². The number of rotatable bonds is 1. The number of hydrogen-bond acceptors (Lipinski definition) is 6. The summed E-state index contributed by atoms with van der Waals surface area (Å²) in [5.41, 5.74) is 0.250. The molecular weight excluding hydrogens is 314 g/mol. The monoisotopic (exact) mass is 335 g/mol. The quantitative estimate of drug-likeness (QED) is 0.766. The first-order valence-corrected chi connectivity index (χ1v) is 8.08. The number of carbonyl (C=O) groups excluding carboxylic acids is 2. The number of amides is 2. The van der Waals surface area contributed by atoms with Crippen LogP contribution in [0.2, 0.25) is 0 Å². The molecule has 7 heteroatoms. The molecule has 0 aromatic carbocycles. The fourth-order valence-corrected chi connectivity index (χ4v) is 2.77. The largest absolute Gasteiger partial charge is 0.504 e. The summed E-state index contributed by atoms with van der Waals surface area (Å²) < 4.78 is 0. The first kappa shape index (κ1) is 17.5. The standard InChI is InChI=1S/C16H21N3O3S/c1-15(2,3)11-10(20)12(16(4,5)6)18-9(17-11)7-8-13(21)19-14(22)23-8/h7,20H,1-6H3,(H,19,21,22). The van der Waals surface area contributed by atoms with E-state index in [0.29, 0.717) is 17.2 Å². The Balaban J connectivity index is 2.64. The zero-order chi connectivity index (χ0) is 17.6. The number of aromatic hydroxyl groups is 1. The Kier molecular flexibility index (Phi) is 4.28. The highest BCUT2D eigenvalue weighted by Crippen LogP contribution is 2.37. The molecule has 0 atom stereocenters. The lowest BCUT2D eigenvalue weighted by Crippen LogP contribution is -2.21. The molecule has 0 bridgehead atoms. The molecule has 0 saturated carbocycles.